The van der Waals surface area contributed by atoms with E-state index in [1.807, 2.05) is 12.1 Å². The van der Waals surface area contributed by atoms with E-state index in [0.29, 0.717) is 0 Å². The molecule has 0 amide bonds. The van der Waals surface area contributed by atoms with Crippen LogP contribution in [0, 0.1) is 6.08 Å². The number of benzene rings is 1. The number of nitrogens with zero attached hydrogens (tertiary/aromatic N) is 1. The predicted molar refractivity (Wildman–Crippen MR) is 89.7 cm³/mol. The molecule has 122 valence electrons. The maximum atomic E-state index is 3.19. The molecule has 0 saturated heterocycles. The maximum Gasteiger partial charge on any atom is 4.00 e. The van der Waals surface area contributed by atoms with Crippen LogP contribution in [-0.4, -0.2) is 4.57 Å². The second kappa shape index (κ2) is 10.8. The van der Waals surface area contributed by atoms with Crippen LogP contribution in [0.3, 0.4) is 0 Å². The average molecular weight is 436 g/mol. The summed E-state index contributed by atoms with van der Waals surface area (Å²) in [5.74, 6) is 0. The molecule has 0 fully saturated rings. The second-order valence-corrected chi connectivity index (χ2v) is 5.33. The number of hydrogen-bond acceptors (Lipinski definition) is 0. The molecule has 1 aliphatic rings. The van der Waals surface area contributed by atoms with Gasteiger partial charge in [0.2, 0.25) is 0 Å². The van der Waals surface area contributed by atoms with Crippen molar-refractivity contribution in [2.24, 2.45) is 0 Å². The average Bonchev–Trinajstić information content (AvgIpc) is 3.21. The van der Waals surface area contributed by atoms with E-state index in [4.69, 9.17) is 0 Å². The minimum Gasteiger partial charge on any atom is -1.00 e. The predicted octanol–water partition coefficient (Wildman–Crippen LogP) is -0.559. The Morgan fingerprint density at radius 1 is 1.00 bits per heavy atom. The Balaban J connectivity index is 0.000000463. The van der Waals surface area contributed by atoms with Gasteiger partial charge < -0.3 is 29.4 Å². The first-order chi connectivity index (χ1) is 10.2. The Morgan fingerprint density at radius 2 is 1.67 bits per heavy atom. The van der Waals surface area contributed by atoms with Crippen molar-refractivity contribution >= 4 is 10.8 Å². The number of hydrogen-bond donors (Lipinski definition) is 0. The number of rotatable bonds is 1. The van der Waals surface area contributed by atoms with Crippen molar-refractivity contribution in [3.05, 3.63) is 84.2 Å². The van der Waals surface area contributed by atoms with E-state index in [1.165, 1.54) is 27.6 Å². The molecule has 0 N–H and O–H groups in total. The van der Waals surface area contributed by atoms with Crippen molar-refractivity contribution in [1.82, 2.24) is 4.57 Å². The summed E-state index contributed by atoms with van der Waals surface area (Å²) >= 11 is 0. The SMILES string of the molecule is CC1=[C-]CC=C1C.[Cl-].[Cl-].[Zr+4].c1ccc2[cH-]c(-n3cccc3)cc2c1. The molecule has 1 aromatic heterocycles. The first-order valence-corrected chi connectivity index (χ1v) is 7.27. The Hall–Kier alpha value is -0.947. The molecule has 0 saturated carbocycles. The van der Waals surface area contributed by atoms with Gasteiger partial charge in [-0.2, -0.15) is 6.08 Å². The Bertz CT molecular complexity index is 749. The van der Waals surface area contributed by atoms with Crippen LogP contribution in [-0.2, 0) is 26.2 Å². The number of allylic oxidation sites excluding steroid dienone is 4. The van der Waals surface area contributed by atoms with E-state index in [2.05, 4.69) is 79.4 Å². The molecular formula is C20H19Cl2NZr. The molecule has 4 rings (SSSR count). The number of halogens is 2. The molecule has 0 radical (unpaired) electrons. The number of aromatic nitrogens is 1. The van der Waals surface area contributed by atoms with Gasteiger partial charge in [0.15, 0.2) is 0 Å². The maximum absolute atomic E-state index is 3.19. The van der Waals surface area contributed by atoms with Gasteiger partial charge in [0.05, 0.1) is 0 Å². The summed E-state index contributed by atoms with van der Waals surface area (Å²) in [5.41, 5.74) is 3.94. The van der Waals surface area contributed by atoms with Gasteiger partial charge in [0.25, 0.3) is 0 Å². The monoisotopic (exact) mass is 433 g/mol. The van der Waals surface area contributed by atoms with Gasteiger partial charge in [0.1, 0.15) is 0 Å². The zero-order valence-electron chi connectivity index (χ0n) is 13.8. The third-order valence-corrected chi connectivity index (χ3v) is 3.87. The molecule has 4 heteroatoms. The zero-order chi connectivity index (χ0) is 14.7. The van der Waals surface area contributed by atoms with Crippen LogP contribution in [0.15, 0.2) is 78.1 Å². The normalized spacial score (nSPS) is 11.9. The van der Waals surface area contributed by atoms with Gasteiger partial charge in [-0.3, -0.25) is 6.08 Å². The van der Waals surface area contributed by atoms with Crippen LogP contribution in [0.1, 0.15) is 20.3 Å². The van der Waals surface area contributed by atoms with Crippen LogP contribution in [0.2, 0.25) is 0 Å². The van der Waals surface area contributed by atoms with Crippen LogP contribution in [0.25, 0.3) is 16.5 Å². The third kappa shape index (κ3) is 5.55. The molecule has 0 atom stereocenters. The van der Waals surface area contributed by atoms with Crippen LogP contribution in [0.4, 0.5) is 0 Å². The van der Waals surface area contributed by atoms with E-state index in [9.17, 15) is 0 Å². The first-order valence-electron chi connectivity index (χ1n) is 7.27. The minimum atomic E-state index is 0. The summed E-state index contributed by atoms with van der Waals surface area (Å²) in [6.07, 6.45) is 10.5. The molecule has 24 heavy (non-hydrogen) atoms. The van der Waals surface area contributed by atoms with Gasteiger partial charge in [-0.25, -0.2) is 11.1 Å². The van der Waals surface area contributed by atoms with E-state index < -0.39 is 0 Å². The van der Waals surface area contributed by atoms with Crippen molar-refractivity contribution in [2.45, 2.75) is 20.3 Å². The summed E-state index contributed by atoms with van der Waals surface area (Å²) in [6, 6.07) is 16.9. The quantitative estimate of drug-likeness (QED) is 0.452. The summed E-state index contributed by atoms with van der Waals surface area (Å²) in [7, 11) is 0. The largest absolute Gasteiger partial charge is 4.00 e. The Morgan fingerprint density at radius 3 is 2.17 bits per heavy atom. The Kier molecular flexibility index (Phi) is 10.4. The molecule has 3 aromatic rings. The molecular weight excluding hydrogens is 416 g/mol. The van der Waals surface area contributed by atoms with Gasteiger partial charge in [-0.15, -0.1) is 54.4 Å². The standard InChI is InChI=1S/C13H10N.C7H9.2ClH.Zr/c1-2-6-12-10-13(9-11(12)5-1)14-7-3-4-8-14;1-6-4-3-5-7(6)2;;;/h1-10H;4H,3H2,1-2H3;2*1H;/q2*-1;;;+4/p-2. The molecule has 0 bridgehead atoms. The zero-order valence-corrected chi connectivity index (χ0v) is 17.7. The van der Waals surface area contributed by atoms with Gasteiger partial charge in [-0.05, 0) is 17.8 Å². The van der Waals surface area contributed by atoms with Crippen molar-refractivity contribution in [1.29, 1.82) is 0 Å². The molecule has 1 aliphatic carbocycles. The van der Waals surface area contributed by atoms with Gasteiger partial charge in [-0.1, -0.05) is 13.0 Å². The van der Waals surface area contributed by atoms with Crippen LogP contribution in [0.5, 0.6) is 0 Å². The fourth-order valence-corrected chi connectivity index (χ4v) is 2.44. The van der Waals surface area contributed by atoms with E-state index in [0.717, 1.165) is 6.42 Å². The molecule has 1 nitrogen and oxygen atoms in total. The smallest absolute Gasteiger partial charge is 1.00 e. The fourth-order valence-electron chi connectivity index (χ4n) is 2.44. The fraction of sp³-hybridized carbons (Fsp3) is 0.150. The van der Waals surface area contributed by atoms with E-state index in [1.54, 1.807) is 0 Å². The molecule has 0 unspecified atom stereocenters. The van der Waals surface area contributed by atoms with Crippen molar-refractivity contribution < 1.29 is 51.0 Å². The third-order valence-electron chi connectivity index (χ3n) is 3.87. The molecule has 0 aliphatic heterocycles. The Labute approximate surface area is 175 Å². The topological polar surface area (TPSA) is 4.93 Å². The van der Waals surface area contributed by atoms with Crippen LogP contribution >= 0.6 is 0 Å². The summed E-state index contributed by atoms with van der Waals surface area (Å²) in [4.78, 5) is 0. The van der Waals surface area contributed by atoms with Crippen molar-refractivity contribution in [3.63, 3.8) is 0 Å². The van der Waals surface area contributed by atoms with Crippen molar-refractivity contribution in [3.8, 4) is 5.69 Å². The van der Waals surface area contributed by atoms with E-state index >= 15 is 0 Å². The molecule has 0 spiro atoms. The first kappa shape index (κ1) is 23.1. The summed E-state index contributed by atoms with van der Waals surface area (Å²) < 4.78 is 2.12. The van der Waals surface area contributed by atoms with Crippen molar-refractivity contribution in [2.75, 3.05) is 0 Å². The van der Waals surface area contributed by atoms with Crippen LogP contribution < -0.4 is 24.8 Å². The minimum absolute atomic E-state index is 0. The summed E-state index contributed by atoms with van der Waals surface area (Å²) in [6.45, 7) is 4.22. The second-order valence-electron chi connectivity index (χ2n) is 5.33. The molecule has 1 heterocycles. The molecule has 2 aromatic carbocycles. The van der Waals surface area contributed by atoms with E-state index in [-0.39, 0.29) is 51.0 Å². The van der Waals surface area contributed by atoms with Gasteiger partial charge >= 0.3 is 26.2 Å². The summed E-state index contributed by atoms with van der Waals surface area (Å²) in [5, 5.41) is 2.60. The number of fused-ring (bicyclic) bond motifs is 1. The van der Waals surface area contributed by atoms with Gasteiger partial charge in [0, 0.05) is 12.4 Å².